The molecule has 3 amide bonds. The number of rotatable bonds is 5. The lowest BCUT2D eigenvalue weighted by Crippen LogP contribution is -2.40. The third-order valence-corrected chi connectivity index (χ3v) is 5.14. The number of benzene rings is 3. The molecule has 3 aromatic carbocycles. The monoisotopic (exact) mass is 397 g/mol. The van der Waals surface area contributed by atoms with E-state index in [2.05, 4.69) is 5.32 Å². The first-order valence-electron chi connectivity index (χ1n) is 9.47. The van der Waals surface area contributed by atoms with Gasteiger partial charge in [0.25, 0.3) is 5.91 Å². The lowest BCUT2D eigenvalue weighted by Gasteiger charge is -2.22. The van der Waals surface area contributed by atoms with Crippen molar-refractivity contribution < 1.29 is 14.3 Å². The normalized spacial score (nSPS) is 18.1. The number of para-hydroxylation sites is 2. The minimum absolute atomic E-state index is 0.0829. The number of carbonyl (C=O) groups excluding carboxylic acids is 2. The smallest absolute Gasteiger partial charge is 0.325 e. The molecule has 0 radical (unpaired) electrons. The molecule has 0 bridgehead atoms. The van der Waals surface area contributed by atoms with Gasteiger partial charge in [0, 0.05) is 5.56 Å². The zero-order valence-electron chi connectivity index (χ0n) is 16.3. The fourth-order valence-electron chi connectivity index (χ4n) is 3.43. The average molecular weight is 397 g/mol. The third-order valence-electron chi connectivity index (χ3n) is 5.14. The van der Waals surface area contributed by atoms with E-state index in [0.29, 0.717) is 28.2 Å². The number of nitriles is 1. The molecule has 0 unspecified atom stereocenters. The highest BCUT2D eigenvalue weighted by molar-refractivity contribution is 6.07. The van der Waals surface area contributed by atoms with E-state index in [-0.39, 0.29) is 12.5 Å². The Kier molecular flexibility index (Phi) is 4.95. The molecule has 148 valence electrons. The molecule has 4 rings (SSSR count). The molecular weight excluding hydrogens is 378 g/mol. The van der Waals surface area contributed by atoms with E-state index >= 15 is 0 Å². The minimum atomic E-state index is -1.19. The van der Waals surface area contributed by atoms with Crippen LogP contribution in [0.2, 0.25) is 0 Å². The number of hydrogen-bond acceptors (Lipinski definition) is 4. The van der Waals surface area contributed by atoms with Crippen molar-refractivity contribution in [1.29, 1.82) is 5.26 Å². The lowest BCUT2D eigenvalue weighted by molar-refractivity contribution is -0.131. The van der Waals surface area contributed by atoms with E-state index in [1.165, 1.54) is 4.90 Å². The van der Waals surface area contributed by atoms with Crippen molar-refractivity contribution in [3.8, 4) is 17.6 Å². The predicted octanol–water partition coefficient (Wildman–Crippen LogP) is 4.32. The summed E-state index contributed by atoms with van der Waals surface area (Å²) < 4.78 is 5.95. The molecule has 0 spiro atoms. The number of carbonyl (C=O) groups is 2. The number of amides is 3. The molecule has 6 heteroatoms. The van der Waals surface area contributed by atoms with Crippen molar-refractivity contribution in [2.24, 2.45) is 0 Å². The molecule has 1 fully saturated rings. The zero-order chi connectivity index (χ0) is 21.1. The molecule has 1 aliphatic rings. The van der Waals surface area contributed by atoms with Crippen molar-refractivity contribution in [2.45, 2.75) is 19.0 Å². The molecule has 0 aromatic heterocycles. The summed E-state index contributed by atoms with van der Waals surface area (Å²) >= 11 is 0. The van der Waals surface area contributed by atoms with Gasteiger partial charge in [-0.05, 0) is 42.8 Å². The molecule has 3 aromatic rings. The van der Waals surface area contributed by atoms with Crippen LogP contribution < -0.4 is 10.1 Å². The van der Waals surface area contributed by atoms with Gasteiger partial charge < -0.3 is 10.1 Å². The summed E-state index contributed by atoms with van der Waals surface area (Å²) in [6.07, 6.45) is 0. The quantitative estimate of drug-likeness (QED) is 0.650. The maximum atomic E-state index is 13.2. The Morgan fingerprint density at radius 1 is 0.967 bits per heavy atom. The highest BCUT2D eigenvalue weighted by Crippen LogP contribution is 2.32. The summed E-state index contributed by atoms with van der Waals surface area (Å²) in [4.78, 5) is 27.1. The Morgan fingerprint density at radius 3 is 2.33 bits per heavy atom. The van der Waals surface area contributed by atoms with E-state index in [9.17, 15) is 9.59 Å². The van der Waals surface area contributed by atoms with Gasteiger partial charge in [0.05, 0.1) is 18.2 Å². The van der Waals surface area contributed by atoms with Crippen molar-refractivity contribution in [3.63, 3.8) is 0 Å². The Labute approximate surface area is 174 Å². The van der Waals surface area contributed by atoms with Crippen LogP contribution in [-0.2, 0) is 16.9 Å². The van der Waals surface area contributed by atoms with Crippen molar-refractivity contribution >= 4 is 11.9 Å². The van der Waals surface area contributed by atoms with Crippen LogP contribution in [-0.4, -0.2) is 16.8 Å². The Morgan fingerprint density at radius 2 is 1.63 bits per heavy atom. The number of ether oxygens (including phenoxy) is 1. The molecule has 1 saturated heterocycles. The first-order chi connectivity index (χ1) is 14.5. The third kappa shape index (κ3) is 3.49. The van der Waals surface area contributed by atoms with Gasteiger partial charge in [-0.1, -0.05) is 48.5 Å². The number of imide groups is 1. The summed E-state index contributed by atoms with van der Waals surface area (Å²) in [5.74, 6) is 0.896. The number of urea groups is 1. The van der Waals surface area contributed by atoms with Gasteiger partial charge in [-0.15, -0.1) is 0 Å². The Bertz CT molecular complexity index is 1140. The highest BCUT2D eigenvalue weighted by Gasteiger charge is 2.49. The standard InChI is InChI=1S/C24H19N3O3/c1-24(19-13-11-17(15-25)12-14-19)22(28)27(23(29)26-24)16-18-7-5-6-10-21(18)30-20-8-3-2-4-9-20/h2-14H,16H2,1H3,(H,26,29)/t24-/m0/s1. The second-order valence-electron chi connectivity index (χ2n) is 7.16. The van der Waals surface area contributed by atoms with E-state index in [0.717, 1.165) is 0 Å². The van der Waals surface area contributed by atoms with E-state index in [1.54, 1.807) is 37.3 Å². The largest absolute Gasteiger partial charge is 0.457 e. The Hall–Kier alpha value is -4.11. The fraction of sp³-hybridized carbons (Fsp3) is 0.125. The van der Waals surface area contributed by atoms with Crippen LogP contribution in [0.25, 0.3) is 0 Å². The molecule has 1 atom stereocenters. The molecule has 1 aliphatic heterocycles. The van der Waals surface area contributed by atoms with Crippen LogP contribution in [0.5, 0.6) is 11.5 Å². The van der Waals surface area contributed by atoms with Gasteiger partial charge in [-0.3, -0.25) is 9.69 Å². The van der Waals surface area contributed by atoms with Gasteiger partial charge in [0.2, 0.25) is 0 Å². The molecule has 6 nitrogen and oxygen atoms in total. The van der Waals surface area contributed by atoms with E-state index in [4.69, 9.17) is 10.00 Å². The maximum Gasteiger partial charge on any atom is 0.325 e. The molecule has 1 heterocycles. The molecule has 0 saturated carbocycles. The summed E-state index contributed by atoms with van der Waals surface area (Å²) in [5, 5.41) is 11.8. The topological polar surface area (TPSA) is 82.4 Å². The second kappa shape index (κ2) is 7.72. The van der Waals surface area contributed by atoms with Crippen molar-refractivity contribution in [1.82, 2.24) is 10.2 Å². The molecule has 30 heavy (non-hydrogen) atoms. The summed E-state index contributed by atoms with van der Waals surface area (Å²) in [5.41, 5.74) is 0.633. The van der Waals surface area contributed by atoms with Crippen LogP contribution in [0.15, 0.2) is 78.9 Å². The summed E-state index contributed by atoms with van der Waals surface area (Å²) in [6, 6.07) is 24.9. The number of nitrogens with one attached hydrogen (secondary N) is 1. The minimum Gasteiger partial charge on any atom is -0.457 e. The van der Waals surface area contributed by atoms with Gasteiger partial charge in [0.1, 0.15) is 17.0 Å². The second-order valence-corrected chi connectivity index (χ2v) is 7.16. The first kappa shape index (κ1) is 19.2. The van der Waals surface area contributed by atoms with Gasteiger partial charge in [-0.25, -0.2) is 4.79 Å². The van der Waals surface area contributed by atoms with Crippen LogP contribution in [0.1, 0.15) is 23.6 Å². The molecule has 0 aliphatic carbocycles. The van der Waals surface area contributed by atoms with E-state index in [1.807, 2.05) is 54.6 Å². The SMILES string of the molecule is C[C@@]1(c2ccc(C#N)cc2)NC(=O)N(Cc2ccccc2Oc2ccccc2)C1=O. The predicted molar refractivity (Wildman–Crippen MR) is 111 cm³/mol. The summed E-state index contributed by atoms with van der Waals surface area (Å²) in [6.45, 7) is 1.75. The number of hydrogen-bond donors (Lipinski definition) is 1. The molecule has 1 N–H and O–H groups in total. The van der Waals surface area contributed by atoms with Crippen LogP contribution in [0, 0.1) is 11.3 Å². The highest BCUT2D eigenvalue weighted by atomic mass is 16.5. The summed E-state index contributed by atoms with van der Waals surface area (Å²) in [7, 11) is 0. The van der Waals surface area contributed by atoms with Crippen molar-refractivity contribution in [3.05, 3.63) is 95.6 Å². The molecular formula is C24H19N3O3. The van der Waals surface area contributed by atoms with E-state index < -0.39 is 11.6 Å². The van der Waals surface area contributed by atoms with Gasteiger partial charge >= 0.3 is 6.03 Å². The maximum absolute atomic E-state index is 13.2. The van der Waals surface area contributed by atoms with Crippen LogP contribution in [0.4, 0.5) is 4.79 Å². The van der Waals surface area contributed by atoms with Crippen LogP contribution >= 0.6 is 0 Å². The average Bonchev–Trinajstić information content (AvgIpc) is 2.99. The Balaban J connectivity index is 1.59. The fourth-order valence-corrected chi connectivity index (χ4v) is 3.43. The van der Waals surface area contributed by atoms with Gasteiger partial charge in [0.15, 0.2) is 0 Å². The van der Waals surface area contributed by atoms with Gasteiger partial charge in [-0.2, -0.15) is 5.26 Å². The van der Waals surface area contributed by atoms with Crippen LogP contribution in [0.3, 0.4) is 0 Å². The first-order valence-corrected chi connectivity index (χ1v) is 9.47. The lowest BCUT2D eigenvalue weighted by atomic mass is 9.91. The number of nitrogens with zero attached hydrogens (tertiary/aromatic N) is 2. The zero-order valence-corrected chi connectivity index (χ0v) is 16.3. The van der Waals surface area contributed by atoms with Crippen molar-refractivity contribution in [2.75, 3.05) is 0 Å².